The highest BCUT2D eigenvalue weighted by atomic mass is 79.9. The molecule has 0 aliphatic carbocycles. The van der Waals surface area contributed by atoms with Crippen molar-refractivity contribution in [1.29, 1.82) is 0 Å². The van der Waals surface area contributed by atoms with Crippen LogP contribution in [0.3, 0.4) is 0 Å². The van der Waals surface area contributed by atoms with Crippen LogP contribution in [0, 0.1) is 0 Å². The van der Waals surface area contributed by atoms with Crippen LogP contribution in [0.5, 0.6) is 0 Å². The first-order chi connectivity index (χ1) is 9.72. The number of hydrogen-bond acceptors (Lipinski definition) is 4. The second-order valence-corrected chi connectivity index (χ2v) is 5.63. The van der Waals surface area contributed by atoms with Gasteiger partial charge in [0, 0.05) is 5.69 Å². The van der Waals surface area contributed by atoms with Gasteiger partial charge in [-0.15, -0.1) is 0 Å². The Morgan fingerprint density at radius 1 is 1.10 bits per heavy atom. The molecule has 1 aromatic carbocycles. The van der Waals surface area contributed by atoms with E-state index in [4.69, 9.17) is 4.42 Å². The van der Waals surface area contributed by atoms with E-state index in [-0.39, 0.29) is 0 Å². The van der Waals surface area contributed by atoms with Crippen molar-refractivity contribution < 1.29 is 4.42 Å². The van der Waals surface area contributed by atoms with E-state index >= 15 is 0 Å². The van der Waals surface area contributed by atoms with Gasteiger partial charge in [-0.3, -0.25) is 0 Å². The van der Waals surface area contributed by atoms with Gasteiger partial charge in [0.15, 0.2) is 4.67 Å². The minimum Gasteiger partial charge on any atom is -0.451 e. The Morgan fingerprint density at radius 2 is 1.80 bits per heavy atom. The summed E-state index contributed by atoms with van der Waals surface area (Å²) in [4.78, 5) is 1.57. The summed E-state index contributed by atoms with van der Waals surface area (Å²) >= 11 is 6.70. The predicted molar refractivity (Wildman–Crippen MR) is 82.8 cm³/mol. The summed E-state index contributed by atoms with van der Waals surface area (Å²) in [5.74, 6) is 0.849. The van der Waals surface area contributed by atoms with Gasteiger partial charge in [-0.05, 0) is 62.2 Å². The molecule has 0 saturated carbocycles. The monoisotopic (exact) mass is 396 g/mol. The summed E-state index contributed by atoms with van der Waals surface area (Å²) in [7, 11) is 0. The second kappa shape index (κ2) is 5.80. The van der Waals surface area contributed by atoms with Crippen molar-refractivity contribution in [1.82, 2.24) is 15.0 Å². The van der Waals surface area contributed by atoms with E-state index in [2.05, 4.69) is 47.4 Å². The van der Waals surface area contributed by atoms with Crippen LogP contribution in [-0.2, 0) is 6.54 Å². The van der Waals surface area contributed by atoms with E-state index < -0.39 is 0 Å². The quantitative estimate of drug-likeness (QED) is 0.722. The molecule has 2 heterocycles. The molecule has 0 atom stereocenters. The van der Waals surface area contributed by atoms with E-state index in [9.17, 15) is 0 Å². The number of benzene rings is 1. The molecule has 0 fully saturated rings. The molecule has 2 aromatic heterocycles. The van der Waals surface area contributed by atoms with E-state index in [1.165, 1.54) is 0 Å². The van der Waals surface area contributed by atoms with Gasteiger partial charge in [0.2, 0.25) is 0 Å². The van der Waals surface area contributed by atoms with E-state index in [0.717, 1.165) is 21.6 Å². The standard InChI is InChI=1S/C13H10Br2N4O/c14-12-7-11(20-13(12)15)8-16-9-1-3-10(4-2-9)19-17-5-6-18-19/h1-7,16H,8H2. The fraction of sp³-hybridized carbons (Fsp3) is 0.0769. The maximum Gasteiger partial charge on any atom is 0.183 e. The smallest absolute Gasteiger partial charge is 0.183 e. The lowest BCUT2D eigenvalue weighted by Crippen LogP contribution is -2.00. The minimum absolute atomic E-state index is 0.615. The molecule has 3 aromatic rings. The highest BCUT2D eigenvalue weighted by Gasteiger charge is 2.05. The third-order valence-electron chi connectivity index (χ3n) is 2.68. The Labute approximate surface area is 132 Å². The maximum atomic E-state index is 5.50. The lowest BCUT2D eigenvalue weighted by atomic mass is 10.3. The molecule has 1 N–H and O–H groups in total. The molecule has 3 rings (SSSR count). The summed E-state index contributed by atoms with van der Waals surface area (Å²) in [6, 6.07) is 9.79. The van der Waals surface area contributed by atoms with Crippen LogP contribution in [0.15, 0.2) is 56.3 Å². The van der Waals surface area contributed by atoms with Crippen molar-refractivity contribution in [3.8, 4) is 5.69 Å². The molecule has 0 spiro atoms. The van der Waals surface area contributed by atoms with Crippen molar-refractivity contribution in [2.75, 3.05) is 5.32 Å². The van der Waals surface area contributed by atoms with E-state index in [1.807, 2.05) is 30.3 Å². The highest BCUT2D eigenvalue weighted by molar-refractivity contribution is 9.13. The van der Waals surface area contributed by atoms with Gasteiger partial charge in [0.25, 0.3) is 0 Å². The molecule has 5 nitrogen and oxygen atoms in total. The molecular weight excluding hydrogens is 388 g/mol. The Bertz CT molecular complexity index is 672. The first-order valence-electron chi connectivity index (χ1n) is 5.87. The number of aromatic nitrogens is 3. The number of rotatable bonds is 4. The molecule has 0 unspecified atom stereocenters. The number of halogens is 2. The Morgan fingerprint density at radius 3 is 2.40 bits per heavy atom. The van der Waals surface area contributed by atoms with Crippen LogP contribution >= 0.6 is 31.9 Å². The van der Waals surface area contributed by atoms with E-state index in [0.29, 0.717) is 11.2 Å². The zero-order valence-corrected chi connectivity index (χ0v) is 13.4. The summed E-state index contributed by atoms with van der Waals surface area (Å²) in [5, 5.41) is 11.5. The number of nitrogens with one attached hydrogen (secondary N) is 1. The predicted octanol–water partition coefficient (Wildman–Crippen LogP) is 4.00. The van der Waals surface area contributed by atoms with Crippen molar-refractivity contribution >= 4 is 37.5 Å². The maximum absolute atomic E-state index is 5.50. The third-order valence-corrected chi connectivity index (χ3v) is 4.39. The average molecular weight is 398 g/mol. The molecule has 20 heavy (non-hydrogen) atoms. The third kappa shape index (κ3) is 2.94. The van der Waals surface area contributed by atoms with Crippen LogP contribution < -0.4 is 5.32 Å². The lowest BCUT2D eigenvalue weighted by Gasteiger charge is -2.05. The van der Waals surface area contributed by atoms with Crippen LogP contribution in [0.25, 0.3) is 5.69 Å². The molecule has 102 valence electrons. The van der Waals surface area contributed by atoms with Gasteiger partial charge >= 0.3 is 0 Å². The SMILES string of the molecule is Brc1cc(CNc2ccc(-n3nccn3)cc2)oc1Br. The zero-order chi connectivity index (χ0) is 13.9. The van der Waals surface area contributed by atoms with Crippen molar-refractivity contribution in [3.05, 3.63) is 57.6 Å². The van der Waals surface area contributed by atoms with Crippen molar-refractivity contribution in [2.24, 2.45) is 0 Å². The molecular formula is C13H10Br2N4O. The number of anilines is 1. The minimum atomic E-state index is 0.615. The van der Waals surface area contributed by atoms with Gasteiger partial charge in [-0.1, -0.05) is 0 Å². The Hall–Kier alpha value is -1.60. The van der Waals surface area contributed by atoms with Gasteiger partial charge < -0.3 is 9.73 Å². The fourth-order valence-electron chi connectivity index (χ4n) is 1.73. The second-order valence-electron chi connectivity index (χ2n) is 4.05. The van der Waals surface area contributed by atoms with Crippen LogP contribution in [-0.4, -0.2) is 15.0 Å². The van der Waals surface area contributed by atoms with Crippen LogP contribution in [0.1, 0.15) is 5.76 Å². The Kier molecular flexibility index (Phi) is 3.88. The summed E-state index contributed by atoms with van der Waals surface area (Å²) in [5.41, 5.74) is 1.92. The fourth-order valence-corrected chi connectivity index (χ4v) is 2.39. The van der Waals surface area contributed by atoms with E-state index in [1.54, 1.807) is 17.2 Å². The number of furan rings is 1. The largest absolute Gasteiger partial charge is 0.451 e. The molecule has 7 heteroatoms. The summed E-state index contributed by atoms with van der Waals surface area (Å²) in [6.45, 7) is 0.615. The molecule has 0 saturated heterocycles. The highest BCUT2D eigenvalue weighted by Crippen LogP contribution is 2.27. The molecule has 0 aliphatic rings. The molecule has 0 bridgehead atoms. The van der Waals surface area contributed by atoms with Gasteiger partial charge in [-0.2, -0.15) is 15.0 Å². The lowest BCUT2D eigenvalue weighted by molar-refractivity contribution is 0.494. The number of hydrogen-bond donors (Lipinski definition) is 1. The van der Waals surface area contributed by atoms with Gasteiger partial charge in [-0.25, -0.2) is 0 Å². The number of nitrogens with zero attached hydrogens (tertiary/aromatic N) is 3. The van der Waals surface area contributed by atoms with Gasteiger partial charge in [0.05, 0.1) is 29.1 Å². The normalized spacial score (nSPS) is 10.7. The topological polar surface area (TPSA) is 55.9 Å². The van der Waals surface area contributed by atoms with Gasteiger partial charge in [0.1, 0.15) is 5.76 Å². The van der Waals surface area contributed by atoms with Crippen LogP contribution in [0.4, 0.5) is 5.69 Å². The Balaban J connectivity index is 1.66. The van der Waals surface area contributed by atoms with Crippen LogP contribution in [0.2, 0.25) is 0 Å². The average Bonchev–Trinajstić information content (AvgIpc) is 3.08. The first kappa shape index (κ1) is 13.4. The molecule has 0 aliphatic heterocycles. The summed E-state index contributed by atoms with van der Waals surface area (Å²) in [6.07, 6.45) is 3.30. The zero-order valence-electron chi connectivity index (χ0n) is 10.3. The first-order valence-corrected chi connectivity index (χ1v) is 7.45. The van der Waals surface area contributed by atoms with Crippen molar-refractivity contribution in [3.63, 3.8) is 0 Å². The molecule has 0 radical (unpaired) electrons. The molecule has 0 amide bonds. The summed E-state index contributed by atoms with van der Waals surface area (Å²) < 4.78 is 7.12. The van der Waals surface area contributed by atoms with Crippen molar-refractivity contribution in [2.45, 2.75) is 6.54 Å².